The first-order valence-corrected chi connectivity index (χ1v) is 6.98. The van der Waals surface area contributed by atoms with Crippen molar-refractivity contribution >= 4 is 29.9 Å². The van der Waals surface area contributed by atoms with E-state index in [2.05, 4.69) is 10.3 Å². The van der Waals surface area contributed by atoms with E-state index in [-0.39, 0.29) is 30.0 Å². The number of ether oxygens (including phenoxy) is 3. The van der Waals surface area contributed by atoms with Crippen molar-refractivity contribution in [3.8, 4) is 11.5 Å². The Balaban J connectivity index is 0.00000441. The summed E-state index contributed by atoms with van der Waals surface area (Å²) in [5.74, 6) is 2.00. The number of benzene rings is 1. The summed E-state index contributed by atoms with van der Waals surface area (Å²) in [5.41, 5.74) is 5.76. The lowest BCUT2D eigenvalue weighted by atomic mass is 10.3. The highest BCUT2D eigenvalue weighted by Gasteiger charge is 2.01. The van der Waals surface area contributed by atoms with Crippen LogP contribution < -0.4 is 20.5 Å². The van der Waals surface area contributed by atoms with Crippen LogP contribution in [0.1, 0.15) is 13.3 Å². The fourth-order valence-corrected chi connectivity index (χ4v) is 1.73. The topological polar surface area (TPSA) is 78.1 Å². The number of hydrogen-bond acceptors (Lipinski definition) is 4. The van der Waals surface area contributed by atoms with Crippen molar-refractivity contribution in [2.75, 3.05) is 34.0 Å². The Morgan fingerprint density at radius 1 is 1.32 bits per heavy atom. The fraction of sp³-hybridized carbons (Fsp3) is 0.533. The maximum absolute atomic E-state index is 5.76. The summed E-state index contributed by atoms with van der Waals surface area (Å²) in [6.07, 6.45) is 0.790. The Labute approximate surface area is 149 Å². The molecule has 0 saturated carbocycles. The van der Waals surface area contributed by atoms with Gasteiger partial charge >= 0.3 is 0 Å². The summed E-state index contributed by atoms with van der Waals surface area (Å²) in [5, 5.41) is 3.05. The van der Waals surface area contributed by atoms with Crippen LogP contribution >= 0.6 is 24.0 Å². The number of methoxy groups -OCH3 is 2. The van der Waals surface area contributed by atoms with Crippen LogP contribution in [0, 0.1) is 0 Å². The molecule has 7 heteroatoms. The monoisotopic (exact) mass is 423 g/mol. The molecule has 1 unspecified atom stereocenters. The molecule has 0 spiro atoms. The van der Waals surface area contributed by atoms with Crippen molar-refractivity contribution in [1.82, 2.24) is 5.32 Å². The van der Waals surface area contributed by atoms with E-state index in [1.807, 2.05) is 31.2 Å². The molecule has 0 aliphatic heterocycles. The number of aliphatic imine (C=N–C) groups is 1. The van der Waals surface area contributed by atoms with Crippen LogP contribution in [-0.2, 0) is 4.74 Å². The second kappa shape index (κ2) is 12.3. The first-order chi connectivity index (χ1) is 10.2. The van der Waals surface area contributed by atoms with Crippen molar-refractivity contribution in [2.45, 2.75) is 19.4 Å². The lowest BCUT2D eigenvalue weighted by Gasteiger charge is -2.13. The minimum atomic E-state index is 0. The summed E-state index contributed by atoms with van der Waals surface area (Å²) in [6, 6.07) is 7.67. The second-order valence-electron chi connectivity index (χ2n) is 4.65. The molecule has 22 heavy (non-hydrogen) atoms. The molecule has 1 aromatic carbocycles. The molecule has 0 heterocycles. The van der Waals surface area contributed by atoms with E-state index < -0.39 is 0 Å². The van der Waals surface area contributed by atoms with Gasteiger partial charge in [0.2, 0.25) is 0 Å². The smallest absolute Gasteiger partial charge is 0.188 e. The number of nitrogens with two attached hydrogens (primary N) is 1. The quantitative estimate of drug-likeness (QED) is 0.275. The zero-order valence-corrected chi connectivity index (χ0v) is 15.7. The average molecular weight is 423 g/mol. The maximum atomic E-state index is 5.76. The highest BCUT2D eigenvalue weighted by molar-refractivity contribution is 14.0. The standard InChI is InChI=1S/C15H25N3O3.HI/c1-12(11-19-2)18-15(16)17-8-5-9-21-14-7-4-6-13(10-14)20-3;/h4,6-7,10,12H,5,8-9,11H2,1-3H3,(H3,16,17,18);1H. The van der Waals surface area contributed by atoms with Gasteiger partial charge in [0.15, 0.2) is 5.96 Å². The largest absolute Gasteiger partial charge is 0.497 e. The van der Waals surface area contributed by atoms with E-state index in [0.717, 1.165) is 17.9 Å². The van der Waals surface area contributed by atoms with Crippen molar-refractivity contribution in [3.63, 3.8) is 0 Å². The predicted octanol–water partition coefficient (Wildman–Crippen LogP) is 2.02. The van der Waals surface area contributed by atoms with E-state index in [1.165, 1.54) is 0 Å². The molecule has 1 rings (SSSR count). The van der Waals surface area contributed by atoms with Gasteiger partial charge in [-0.3, -0.25) is 4.99 Å². The molecular weight excluding hydrogens is 397 g/mol. The van der Waals surface area contributed by atoms with E-state index in [4.69, 9.17) is 19.9 Å². The number of hydrogen-bond donors (Lipinski definition) is 2. The van der Waals surface area contributed by atoms with Gasteiger partial charge in [0.25, 0.3) is 0 Å². The number of guanidine groups is 1. The normalized spacial score (nSPS) is 12.2. The van der Waals surface area contributed by atoms with Gasteiger partial charge in [-0.15, -0.1) is 24.0 Å². The third kappa shape index (κ3) is 8.93. The molecule has 0 radical (unpaired) electrons. The molecule has 3 N–H and O–H groups in total. The molecule has 0 aliphatic carbocycles. The first kappa shape index (κ1) is 20.8. The summed E-state index contributed by atoms with van der Waals surface area (Å²) in [6.45, 7) is 3.77. The molecular formula is C15H26IN3O3. The molecule has 1 atom stereocenters. The van der Waals surface area contributed by atoms with Gasteiger partial charge in [-0.2, -0.15) is 0 Å². The number of nitrogens with zero attached hydrogens (tertiary/aromatic N) is 1. The highest BCUT2D eigenvalue weighted by atomic mass is 127. The SMILES string of the molecule is COCC(C)NC(N)=NCCCOc1cccc(OC)c1.I. The van der Waals surface area contributed by atoms with Crippen LogP contribution in [0.5, 0.6) is 11.5 Å². The highest BCUT2D eigenvalue weighted by Crippen LogP contribution is 2.18. The molecule has 0 aliphatic rings. The minimum Gasteiger partial charge on any atom is -0.497 e. The van der Waals surface area contributed by atoms with E-state index in [1.54, 1.807) is 14.2 Å². The zero-order valence-electron chi connectivity index (χ0n) is 13.4. The lowest BCUT2D eigenvalue weighted by Crippen LogP contribution is -2.40. The maximum Gasteiger partial charge on any atom is 0.188 e. The first-order valence-electron chi connectivity index (χ1n) is 6.98. The third-order valence-electron chi connectivity index (χ3n) is 2.71. The Morgan fingerprint density at radius 3 is 2.73 bits per heavy atom. The Hall–Kier alpha value is -1.22. The minimum absolute atomic E-state index is 0. The summed E-state index contributed by atoms with van der Waals surface area (Å²) in [4.78, 5) is 4.23. The molecule has 126 valence electrons. The van der Waals surface area contributed by atoms with Crippen molar-refractivity contribution in [2.24, 2.45) is 10.7 Å². The van der Waals surface area contributed by atoms with E-state index in [0.29, 0.717) is 25.7 Å². The van der Waals surface area contributed by atoms with Gasteiger partial charge in [0, 0.05) is 32.2 Å². The third-order valence-corrected chi connectivity index (χ3v) is 2.71. The average Bonchev–Trinajstić information content (AvgIpc) is 2.47. The molecule has 1 aromatic rings. The van der Waals surface area contributed by atoms with E-state index >= 15 is 0 Å². The summed E-state index contributed by atoms with van der Waals surface area (Å²) >= 11 is 0. The number of nitrogens with one attached hydrogen (secondary N) is 1. The predicted molar refractivity (Wildman–Crippen MR) is 99.5 cm³/mol. The van der Waals surface area contributed by atoms with Crippen LogP contribution in [0.3, 0.4) is 0 Å². The van der Waals surface area contributed by atoms with Gasteiger partial charge in [-0.05, 0) is 19.1 Å². The van der Waals surface area contributed by atoms with E-state index in [9.17, 15) is 0 Å². The molecule has 0 aromatic heterocycles. The molecule has 0 saturated heterocycles. The number of rotatable bonds is 9. The van der Waals surface area contributed by atoms with Crippen LogP contribution in [0.25, 0.3) is 0 Å². The fourth-order valence-electron chi connectivity index (χ4n) is 1.73. The van der Waals surface area contributed by atoms with Crippen LogP contribution in [0.4, 0.5) is 0 Å². The molecule has 0 bridgehead atoms. The second-order valence-corrected chi connectivity index (χ2v) is 4.65. The van der Waals surface area contributed by atoms with Crippen molar-refractivity contribution in [1.29, 1.82) is 0 Å². The summed E-state index contributed by atoms with van der Waals surface area (Å²) in [7, 11) is 3.29. The molecule has 0 amide bonds. The van der Waals surface area contributed by atoms with Crippen molar-refractivity contribution < 1.29 is 14.2 Å². The van der Waals surface area contributed by atoms with Gasteiger partial charge in [0.1, 0.15) is 11.5 Å². The van der Waals surface area contributed by atoms with Crippen LogP contribution in [0.15, 0.2) is 29.3 Å². The summed E-state index contributed by atoms with van der Waals surface area (Å²) < 4.78 is 15.8. The van der Waals surface area contributed by atoms with Crippen LogP contribution in [0.2, 0.25) is 0 Å². The van der Waals surface area contributed by atoms with Gasteiger partial charge < -0.3 is 25.3 Å². The zero-order chi connectivity index (χ0) is 15.5. The van der Waals surface area contributed by atoms with Crippen LogP contribution in [-0.4, -0.2) is 46.0 Å². The Morgan fingerprint density at radius 2 is 2.05 bits per heavy atom. The number of halogens is 1. The lowest BCUT2D eigenvalue weighted by molar-refractivity contribution is 0.179. The Kier molecular flexibility index (Phi) is 11.7. The molecule has 0 fully saturated rings. The van der Waals surface area contributed by atoms with Gasteiger partial charge in [0.05, 0.1) is 20.3 Å². The van der Waals surface area contributed by atoms with Crippen molar-refractivity contribution in [3.05, 3.63) is 24.3 Å². The molecule has 6 nitrogen and oxygen atoms in total. The Bertz CT molecular complexity index is 444. The van der Waals surface area contributed by atoms with Gasteiger partial charge in [-0.25, -0.2) is 0 Å². The van der Waals surface area contributed by atoms with Gasteiger partial charge in [-0.1, -0.05) is 6.07 Å².